The maximum Gasteiger partial charge on any atom is 0.227 e. The molecule has 0 aliphatic heterocycles. The molecule has 104 valence electrons. The molecule has 0 bridgehead atoms. The third kappa shape index (κ3) is 2.21. The van der Waals surface area contributed by atoms with Crippen LogP contribution in [0, 0.1) is 0 Å². The van der Waals surface area contributed by atoms with E-state index in [2.05, 4.69) is 0 Å². The first kappa shape index (κ1) is 13.1. The molecule has 21 heavy (non-hydrogen) atoms. The molecular formula is C17H13NO3. The van der Waals surface area contributed by atoms with Crippen LogP contribution in [0.25, 0.3) is 16.6 Å². The van der Waals surface area contributed by atoms with Gasteiger partial charge in [0.15, 0.2) is 6.29 Å². The number of nitrogens with zero attached hydrogens (tertiary/aromatic N) is 1. The first-order chi connectivity index (χ1) is 10.2. The van der Waals surface area contributed by atoms with Crippen LogP contribution in [0.2, 0.25) is 0 Å². The Kier molecular flexibility index (Phi) is 3.28. The lowest BCUT2D eigenvalue weighted by atomic mass is 10.1. The Hall–Kier alpha value is -2.88. The highest BCUT2D eigenvalue weighted by Crippen LogP contribution is 2.26. The quantitative estimate of drug-likeness (QED) is 0.419. The maximum absolute atomic E-state index is 11.8. The number of hydrogen-bond acceptors (Lipinski definition) is 3. The number of carbonyl (C=O) groups is 2. The lowest BCUT2D eigenvalue weighted by Crippen LogP contribution is -1.98. The molecule has 0 spiro atoms. The van der Waals surface area contributed by atoms with Gasteiger partial charge in [-0.1, -0.05) is 18.2 Å². The number of aromatic nitrogens is 1. The Morgan fingerprint density at radius 2 is 1.81 bits per heavy atom. The number of hydrogen-bond donors (Lipinski definition) is 0. The molecule has 2 aromatic carbocycles. The normalized spacial score (nSPS) is 10.5. The molecule has 1 aromatic heterocycles. The number of fused-ring (bicyclic) bond motifs is 1. The molecule has 0 aliphatic rings. The van der Waals surface area contributed by atoms with E-state index in [0.717, 1.165) is 22.3 Å². The van der Waals surface area contributed by atoms with Gasteiger partial charge in [-0.3, -0.25) is 9.59 Å². The van der Waals surface area contributed by atoms with Crippen LogP contribution >= 0.6 is 0 Å². The summed E-state index contributed by atoms with van der Waals surface area (Å²) in [6, 6.07) is 15.0. The van der Waals surface area contributed by atoms with E-state index in [1.54, 1.807) is 13.3 Å². The molecule has 3 rings (SSSR count). The number of benzene rings is 2. The maximum atomic E-state index is 11.8. The van der Waals surface area contributed by atoms with E-state index in [1.807, 2.05) is 53.1 Å². The number of rotatable bonds is 4. The fourth-order valence-electron chi connectivity index (χ4n) is 2.40. The van der Waals surface area contributed by atoms with Crippen molar-refractivity contribution in [2.75, 3.05) is 7.11 Å². The average molecular weight is 279 g/mol. The van der Waals surface area contributed by atoms with E-state index < -0.39 is 5.78 Å². The van der Waals surface area contributed by atoms with Crippen LogP contribution in [0.3, 0.4) is 0 Å². The Morgan fingerprint density at radius 1 is 1.10 bits per heavy atom. The molecule has 0 saturated carbocycles. The smallest absolute Gasteiger partial charge is 0.227 e. The molecule has 0 saturated heterocycles. The van der Waals surface area contributed by atoms with Crippen molar-refractivity contribution in [3.05, 3.63) is 60.3 Å². The number of ketones is 1. The number of carbonyl (C=O) groups excluding carboxylic acids is 2. The molecule has 0 unspecified atom stereocenters. The van der Waals surface area contributed by atoms with Crippen LogP contribution in [0.5, 0.6) is 5.75 Å². The zero-order chi connectivity index (χ0) is 14.8. The van der Waals surface area contributed by atoms with Gasteiger partial charge in [0.25, 0.3) is 0 Å². The summed E-state index contributed by atoms with van der Waals surface area (Å²) in [5.41, 5.74) is 2.20. The van der Waals surface area contributed by atoms with Gasteiger partial charge in [-0.15, -0.1) is 0 Å². The standard InChI is InChI=1S/C17H13NO3/c1-21-13-8-6-12(7-9-13)18-10-15(17(20)11-19)14-4-2-3-5-16(14)18/h2-11H,1H3. The zero-order valence-corrected chi connectivity index (χ0v) is 11.4. The molecular weight excluding hydrogens is 266 g/mol. The van der Waals surface area contributed by atoms with Crippen molar-refractivity contribution in [2.24, 2.45) is 0 Å². The lowest BCUT2D eigenvalue weighted by Gasteiger charge is -2.06. The summed E-state index contributed by atoms with van der Waals surface area (Å²) in [6.07, 6.45) is 2.04. The van der Waals surface area contributed by atoms with Crippen molar-refractivity contribution in [3.63, 3.8) is 0 Å². The summed E-state index contributed by atoms with van der Waals surface area (Å²) < 4.78 is 7.04. The van der Waals surface area contributed by atoms with Crippen molar-refractivity contribution >= 4 is 23.0 Å². The number of para-hydroxylation sites is 1. The van der Waals surface area contributed by atoms with E-state index in [-0.39, 0.29) is 0 Å². The zero-order valence-electron chi connectivity index (χ0n) is 11.4. The second-order valence-corrected chi connectivity index (χ2v) is 4.61. The fraction of sp³-hybridized carbons (Fsp3) is 0.0588. The van der Waals surface area contributed by atoms with Crippen LogP contribution in [0.15, 0.2) is 54.7 Å². The first-order valence-electron chi connectivity index (χ1n) is 6.48. The highest BCUT2D eigenvalue weighted by molar-refractivity contribution is 6.36. The summed E-state index contributed by atoms with van der Waals surface area (Å²) in [5, 5.41) is 0.769. The molecule has 0 aliphatic carbocycles. The Labute approximate surface area is 121 Å². The van der Waals surface area contributed by atoms with E-state index in [1.165, 1.54) is 0 Å². The van der Waals surface area contributed by atoms with Gasteiger partial charge in [0, 0.05) is 17.3 Å². The Bertz CT molecular complexity index is 816. The molecule has 4 heteroatoms. The van der Waals surface area contributed by atoms with Crippen LogP contribution in [0.1, 0.15) is 10.4 Å². The molecule has 0 radical (unpaired) electrons. The average Bonchev–Trinajstić information content (AvgIpc) is 2.94. The summed E-state index contributed by atoms with van der Waals surface area (Å²) in [5.74, 6) is 0.248. The number of Topliss-reactive ketones (excluding diaryl/α,β-unsaturated/α-hetero) is 1. The van der Waals surface area contributed by atoms with Crippen LogP contribution < -0.4 is 4.74 Å². The van der Waals surface area contributed by atoms with E-state index in [4.69, 9.17) is 4.74 Å². The fourth-order valence-corrected chi connectivity index (χ4v) is 2.40. The van der Waals surface area contributed by atoms with E-state index in [9.17, 15) is 9.59 Å². The number of ether oxygens (including phenoxy) is 1. The second kappa shape index (κ2) is 5.25. The minimum Gasteiger partial charge on any atom is -0.497 e. The summed E-state index contributed by atoms with van der Waals surface area (Å²) in [7, 11) is 1.61. The summed E-state index contributed by atoms with van der Waals surface area (Å²) >= 11 is 0. The molecule has 0 amide bonds. The highest BCUT2D eigenvalue weighted by atomic mass is 16.5. The molecule has 4 nitrogen and oxygen atoms in total. The van der Waals surface area contributed by atoms with Crippen molar-refractivity contribution in [3.8, 4) is 11.4 Å². The topological polar surface area (TPSA) is 48.3 Å². The lowest BCUT2D eigenvalue weighted by molar-refractivity contribution is -0.104. The van der Waals surface area contributed by atoms with Crippen molar-refractivity contribution < 1.29 is 14.3 Å². The van der Waals surface area contributed by atoms with Crippen molar-refractivity contribution in [1.82, 2.24) is 4.57 Å². The monoisotopic (exact) mass is 279 g/mol. The van der Waals surface area contributed by atoms with Gasteiger partial charge in [0.05, 0.1) is 18.2 Å². The SMILES string of the molecule is COc1ccc(-n2cc(C(=O)C=O)c3ccccc32)cc1. The van der Waals surface area contributed by atoms with E-state index in [0.29, 0.717) is 11.8 Å². The largest absolute Gasteiger partial charge is 0.497 e. The molecule has 0 atom stereocenters. The van der Waals surface area contributed by atoms with Gasteiger partial charge in [-0.25, -0.2) is 0 Å². The number of methoxy groups -OCH3 is 1. The van der Waals surface area contributed by atoms with Crippen LogP contribution in [-0.4, -0.2) is 23.7 Å². The van der Waals surface area contributed by atoms with Crippen LogP contribution in [0.4, 0.5) is 0 Å². The molecule has 0 fully saturated rings. The van der Waals surface area contributed by atoms with Gasteiger partial charge in [-0.2, -0.15) is 0 Å². The van der Waals surface area contributed by atoms with E-state index >= 15 is 0 Å². The summed E-state index contributed by atoms with van der Waals surface area (Å²) in [4.78, 5) is 22.6. The minimum absolute atomic E-state index is 0.347. The highest BCUT2D eigenvalue weighted by Gasteiger charge is 2.14. The summed E-state index contributed by atoms with van der Waals surface area (Å²) in [6.45, 7) is 0. The van der Waals surface area contributed by atoms with Gasteiger partial charge in [0.2, 0.25) is 5.78 Å². The van der Waals surface area contributed by atoms with Gasteiger partial charge in [0.1, 0.15) is 5.75 Å². The third-order valence-electron chi connectivity index (χ3n) is 3.44. The predicted octanol–water partition coefficient (Wildman–Crippen LogP) is 3.02. The van der Waals surface area contributed by atoms with Gasteiger partial charge >= 0.3 is 0 Å². The molecule has 3 aromatic rings. The molecule has 0 N–H and O–H groups in total. The van der Waals surface area contributed by atoms with Gasteiger partial charge < -0.3 is 9.30 Å². The minimum atomic E-state index is -0.515. The third-order valence-corrected chi connectivity index (χ3v) is 3.44. The Balaban J connectivity index is 2.22. The van der Waals surface area contributed by atoms with Crippen molar-refractivity contribution in [2.45, 2.75) is 0 Å². The predicted molar refractivity (Wildman–Crippen MR) is 80.2 cm³/mol. The van der Waals surface area contributed by atoms with Gasteiger partial charge in [-0.05, 0) is 30.3 Å². The first-order valence-corrected chi connectivity index (χ1v) is 6.48. The molecule has 1 heterocycles. The van der Waals surface area contributed by atoms with Crippen molar-refractivity contribution in [1.29, 1.82) is 0 Å². The second-order valence-electron chi connectivity index (χ2n) is 4.61. The van der Waals surface area contributed by atoms with Crippen LogP contribution in [-0.2, 0) is 4.79 Å². The Morgan fingerprint density at radius 3 is 2.48 bits per heavy atom. The number of aldehydes is 1.